The van der Waals surface area contributed by atoms with Gasteiger partial charge in [0.1, 0.15) is 5.82 Å². The first-order valence-corrected chi connectivity index (χ1v) is 6.49. The van der Waals surface area contributed by atoms with Crippen LogP contribution in [0.5, 0.6) is 0 Å². The number of hydrogen-bond donors (Lipinski definition) is 2. The zero-order valence-electron chi connectivity index (χ0n) is 8.70. The van der Waals surface area contributed by atoms with Crippen molar-refractivity contribution in [1.82, 2.24) is 10.2 Å². The minimum Gasteiger partial charge on any atom is -0.364 e. The van der Waals surface area contributed by atoms with Crippen LogP contribution in [-0.4, -0.2) is 36.3 Å². The number of sulfone groups is 1. The van der Waals surface area contributed by atoms with Crippen LogP contribution in [0.3, 0.4) is 0 Å². The van der Waals surface area contributed by atoms with E-state index < -0.39 is 15.7 Å². The third-order valence-corrected chi connectivity index (χ3v) is 3.58. The quantitative estimate of drug-likeness (QED) is 0.736. The Balaban J connectivity index is 2.06. The summed E-state index contributed by atoms with van der Waals surface area (Å²) in [7, 11) is -3.10. The van der Waals surface area contributed by atoms with Crippen LogP contribution in [0, 0.1) is 0 Å². The van der Waals surface area contributed by atoms with Crippen molar-refractivity contribution in [2.45, 2.75) is 6.04 Å². The molecule has 1 atom stereocenters. The van der Waals surface area contributed by atoms with E-state index in [4.69, 9.17) is 5.73 Å². The van der Waals surface area contributed by atoms with Crippen LogP contribution in [-0.2, 0) is 9.84 Å². The van der Waals surface area contributed by atoms with Gasteiger partial charge in [0.2, 0.25) is 0 Å². The molecule has 7 nitrogen and oxygen atoms in total. The molecule has 1 aliphatic heterocycles. The molecule has 1 aliphatic rings. The molecule has 0 bridgehead atoms. The second kappa shape index (κ2) is 4.13. The minimum atomic E-state index is -3.10. The zero-order chi connectivity index (χ0) is 12.5. The Morgan fingerprint density at radius 2 is 2.18 bits per heavy atom. The smallest absolute Gasteiger partial charge is 0.269 e. The van der Waals surface area contributed by atoms with Gasteiger partial charge >= 0.3 is 0 Å². The molecular weight excluding hydrogens is 244 g/mol. The van der Waals surface area contributed by atoms with E-state index in [0.717, 1.165) is 5.41 Å². The van der Waals surface area contributed by atoms with Crippen molar-refractivity contribution in [2.75, 3.05) is 11.1 Å². The van der Waals surface area contributed by atoms with Crippen LogP contribution in [0.1, 0.15) is 10.5 Å². The Hall–Kier alpha value is -1.96. The van der Waals surface area contributed by atoms with Gasteiger partial charge in [0.15, 0.2) is 15.5 Å². The van der Waals surface area contributed by atoms with Gasteiger partial charge in [-0.15, -0.1) is 10.2 Å². The van der Waals surface area contributed by atoms with E-state index in [9.17, 15) is 13.2 Å². The molecule has 2 heterocycles. The fourth-order valence-corrected chi connectivity index (χ4v) is 2.63. The average molecular weight is 254 g/mol. The third-order valence-electron chi connectivity index (χ3n) is 2.18. The molecule has 0 saturated heterocycles. The molecule has 0 fully saturated rings. The van der Waals surface area contributed by atoms with E-state index in [2.05, 4.69) is 15.5 Å². The number of aromatic nitrogens is 2. The van der Waals surface area contributed by atoms with Gasteiger partial charge in [-0.1, -0.05) is 0 Å². The van der Waals surface area contributed by atoms with E-state index in [-0.39, 0.29) is 17.5 Å². The van der Waals surface area contributed by atoms with Crippen molar-refractivity contribution in [3.8, 4) is 0 Å². The topological polar surface area (TPSA) is 115 Å². The van der Waals surface area contributed by atoms with Crippen molar-refractivity contribution in [1.29, 1.82) is 0 Å². The summed E-state index contributed by atoms with van der Waals surface area (Å²) in [5.74, 6) is -0.277. The zero-order valence-corrected chi connectivity index (χ0v) is 9.52. The summed E-state index contributed by atoms with van der Waals surface area (Å²) in [5.41, 5.74) is 5.07. The molecule has 0 aliphatic carbocycles. The maximum absolute atomic E-state index is 11.2. The summed E-state index contributed by atoms with van der Waals surface area (Å²) in [6, 6.07) is 2.62. The van der Waals surface area contributed by atoms with Gasteiger partial charge in [-0.05, 0) is 18.2 Å². The highest BCUT2D eigenvalue weighted by molar-refractivity contribution is 7.94. The lowest BCUT2D eigenvalue weighted by Gasteiger charge is -2.09. The maximum atomic E-state index is 11.2. The molecule has 8 heteroatoms. The number of hydrogen-bond acceptors (Lipinski definition) is 6. The Morgan fingerprint density at radius 1 is 1.41 bits per heavy atom. The highest BCUT2D eigenvalue weighted by atomic mass is 32.2. The SMILES string of the molecule is NC(=O)c1ccc(NC2C=CS(=O)(=O)C2)nn1. The van der Waals surface area contributed by atoms with Gasteiger partial charge in [-0.3, -0.25) is 4.79 Å². The van der Waals surface area contributed by atoms with Crippen molar-refractivity contribution in [2.24, 2.45) is 5.73 Å². The fraction of sp³-hybridized carbons (Fsp3) is 0.222. The van der Waals surface area contributed by atoms with Crippen molar-refractivity contribution < 1.29 is 13.2 Å². The molecule has 0 saturated carbocycles. The minimum absolute atomic E-state index is 0.00769. The summed E-state index contributed by atoms with van der Waals surface area (Å²) in [5, 5.41) is 11.4. The first-order valence-electron chi connectivity index (χ1n) is 4.77. The summed E-state index contributed by atoms with van der Waals surface area (Å²) >= 11 is 0. The second-order valence-corrected chi connectivity index (χ2v) is 5.51. The van der Waals surface area contributed by atoms with Crippen LogP contribution in [0.4, 0.5) is 5.82 Å². The predicted molar refractivity (Wildman–Crippen MR) is 60.9 cm³/mol. The number of nitrogens with two attached hydrogens (primary N) is 1. The Morgan fingerprint density at radius 3 is 2.65 bits per heavy atom. The van der Waals surface area contributed by atoms with Crippen LogP contribution in [0.25, 0.3) is 0 Å². The molecule has 1 unspecified atom stereocenters. The number of carbonyl (C=O) groups is 1. The molecule has 0 radical (unpaired) electrons. The van der Waals surface area contributed by atoms with Gasteiger partial charge in [0.25, 0.3) is 5.91 Å². The molecule has 3 N–H and O–H groups in total. The van der Waals surface area contributed by atoms with Crippen molar-refractivity contribution in [3.05, 3.63) is 29.3 Å². The lowest BCUT2D eigenvalue weighted by atomic mass is 10.3. The van der Waals surface area contributed by atoms with Gasteiger partial charge in [-0.25, -0.2) is 8.42 Å². The molecule has 90 valence electrons. The lowest BCUT2D eigenvalue weighted by molar-refractivity contribution is 0.0994. The normalized spacial score (nSPS) is 21.3. The van der Waals surface area contributed by atoms with E-state index in [1.807, 2.05) is 0 Å². The lowest BCUT2D eigenvalue weighted by Crippen LogP contribution is -2.22. The summed E-state index contributed by atoms with van der Waals surface area (Å²) in [6.45, 7) is 0. The molecule has 0 aromatic carbocycles. The van der Waals surface area contributed by atoms with Crippen molar-refractivity contribution in [3.63, 3.8) is 0 Å². The predicted octanol–water partition coefficient (Wildman–Crippen LogP) is -0.702. The molecular formula is C9H10N4O3S. The number of primary amides is 1. The summed E-state index contributed by atoms with van der Waals surface area (Å²) in [4.78, 5) is 10.8. The standard InChI is InChI=1S/C9H10N4O3S/c10-9(14)7-1-2-8(13-12-7)11-6-3-4-17(15,16)5-6/h1-4,6H,5H2,(H2,10,14)(H,11,13). The largest absolute Gasteiger partial charge is 0.364 e. The van der Waals surface area contributed by atoms with Gasteiger partial charge in [-0.2, -0.15) is 0 Å². The van der Waals surface area contributed by atoms with Gasteiger partial charge in [0, 0.05) is 5.41 Å². The molecule has 1 aromatic heterocycles. The number of nitrogens with zero attached hydrogens (tertiary/aromatic N) is 2. The van der Waals surface area contributed by atoms with E-state index >= 15 is 0 Å². The second-order valence-electron chi connectivity index (χ2n) is 3.58. The van der Waals surface area contributed by atoms with Crippen molar-refractivity contribution >= 4 is 21.6 Å². The Kier molecular flexibility index (Phi) is 2.80. The maximum Gasteiger partial charge on any atom is 0.269 e. The highest BCUT2D eigenvalue weighted by Crippen LogP contribution is 2.12. The van der Waals surface area contributed by atoms with Gasteiger partial charge in [0.05, 0.1) is 11.8 Å². The van der Waals surface area contributed by atoms with Crippen LogP contribution in [0.2, 0.25) is 0 Å². The number of anilines is 1. The fourth-order valence-electron chi connectivity index (χ4n) is 1.40. The molecule has 17 heavy (non-hydrogen) atoms. The van der Waals surface area contributed by atoms with Crippen LogP contribution < -0.4 is 11.1 Å². The molecule has 2 rings (SSSR count). The number of rotatable bonds is 3. The Labute approximate surface area is 97.6 Å². The van der Waals surface area contributed by atoms with E-state index in [1.165, 1.54) is 12.1 Å². The van der Waals surface area contributed by atoms with Gasteiger partial charge < -0.3 is 11.1 Å². The third kappa shape index (κ3) is 2.78. The van der Waals surface area contributed by atoms with E-state index in [0.29, 0.717) is 5.82 Å². The van der Waals surface area contributed by atoms with Crippen LogP contribution in [0.15, 0.2) is 23.6 Å². The summed E-state index contributed by atoms with van der Waals surface area (Å²) < 4.78 is 22.3. The first kappa shape index (κ1) is 11.5. The highest BCUT2D eigenvalue weighted by Gasteiger charge is 2.21. The number of carbonyl (C=O) groups excluding carboxylic acids is 1. The number of amides is 1. The Bertz CT molecular complexity index is 564. The molecule has 1 amide bonds. The van der Waals surface area contributed by atoms with E-state index in [1.54, 1.807) is 6.08 Å². The first-order chi connectivity index (χ1) is 7.96. The summed E-state index contributed by atoms with van der Waals surface area (Å²) in [6.07, 6.45) is 1.54. The average Bonchev–Trinajstić information content (AvgIpc) is 2.59. The molecule has 1 aromatic rings. The number of nitrogens with one attached hydrogen (secondary N) is 1. The monoisotopic (exact) mass is 254 g/mol. The molecule has 0 spiro atoms. The van der Waals surface area contributed by atoms with Crippen LogP contribution >= 0.6 is 0 Å².